The van der Waals surface area contributed by atoms with E-state index in [2.05, 4.69) is 43.6 Å². The zero-order valence-electron chi connectivity index (χ0n) is 34.7. The van der Waals surface area contributed by atoms with Gasteiger partial charge in [0.2, 0.25) is 0 Å². The van der Waals surface area contributed by atoms with E-state index < -0.39 is 0 Å². The molecule has 57 heavy (non-hydrogen) atoms. The van der Waals surface area contributed by atoms with Crippen molar-refractivity contribution >= 4 is 82.6 Å². The number of nitrogens with zero attached hydrogens (tertiary/aromatic N) is 2. The molecule has 6 nitrogen and oxygen atoms in total. The molecule has 7 rings (SSSR count). The summed E-state index contributed by atoms with van der Waals surface area (Å²) in [6, 6.07) is 13.5. The zero-order valence-corrected chi connectivity index (χ0v) is 36.3. The van der Waals surface area contributed by atoms with Crippen LogP contribution in [0.5, 0.6) is 0 Å². The molecule has 5 aromatic rings. The average molecular weight is 834 g/mol. The molecule has 4 amide bonds. The highest BCUT2D eigenvalue weighted by molar-refractivity contribution is 9.10. The highest BCUT2D eigenvalue weighted by atomic mass is 79.9. The first kappa shape index (κ1) is 41.3. The van der Waals surface area contributed by atoms with Crippen LogP contribution in [-0.4, -0.2) is 45.5 Å². The SMILES string of the molecule is CCCCCCC(CCCCCC)N1C(=O)c2ccc3c4ccc5c6c(cc(Br)c(c7ccc(c2c37)C1=O)c64)C(=O)N(C(CCCCCC)CCCCCC)C5=O. The Balaban J connectivity index is 1.32. The standard InChI is InChI=1S/C50H61BrN2O4/c1-5-9-13-17-21-32(22-18-14-10-6-2)52-47(54)37-28-25-34-35-26-29-39-44-40(31-41(51)45(46(35)44)36-27-30-38(48(52)55)43(37)42(34)36)50(57)53(49(39)56)33(23-19-15-11-7-3)24-20-16-12-8-4/h25-33H,5-24H2,1-4H3. The lowest BCUT2D eigenvalue weighted by Crippen LogP contribution is -2.47. The van der Waals surface area contributed by atoms with E-state index in [1.807, 2.05) is 42.5 Å². The summed E-state index contributed by atoms with van der Waals surface area (Å²) in [5.41, 5.74) is 2.28. The minimum absolute atomic E-state index is 0.123. The number of benzene rings is 5. The molecule has 0 fully saturated rings. The molecule has 0 atom stereocenters. The van der Waals surface area contributed by atoms with Gasteiger partial charge in [-0.15, -0.1) is 0 Å². The van der Waals surface area contributed by atoms with E-state index in [0.29, 0.717) is 33.0 Å². The number of rotatable bonds is 22. The van der Waals surface area contributed by atoms with Gasteiger partial charge in [-0.05, 0) is 71.5 Å². The molecule has 2 aliphatic heterocycles. The summed E-state index contributed by atoms with van der Waals surface area (Å²) in [7, 11) is 0. The second-order valence-electron chi connectivity index (χ2n) is 16.9. The summed E-state index contributed by atoms with van der Waals surface area (Å²) in [6.07, 6.45) is 20.9. The highest BCUT2D eigenvalue weighted by Crippen LogP contribution is 2.49. The molecule has 0 radical (unpaired) electrons. The third kappa shape index (κ3) is 7.63. The molecule has 302 valence electrons. The molecule has 5 aromatic carbocycles. The van der Waals surface area contributed by atoms with Crippen LogP contribution in [0.1, 0.15) is 198 Å². The van der Waals surface area contributed by atoms with Crippen LogP contribution < -0.4 is 0 Å². The summed E-state index contributed by atoms with van der Waals surface area (Å²) in [5.74, 6) is -0.802. The van der Waals surface area contributed by atoms with Crippen LogP contribution in [0.2, 0.25) is 0 Å². The fourth-order valence-electron chi connectivity index (χ4n) is 10.1. The molecule has 0 aliphatic carbocycles. The van der Waals surface area contributed by atoms with Crippen molar-refractivity contribution in [1.82, 2.24) is 9.80 Å². The van der Waals surface area contributed by atoms with Crippen molar-refractivity contribution < 1.29 is 19.2 Å². The van der Waals surface area contributed by atoms with Gasteiger partial charge in [0.1, 0.15) is 0 Å². The largest absolute Gasteiger partial charge is 0.271 e. The number of carbonyl (C=O) groups excluding carboxylic acids is 4. The molecule has 0 saturated heterocycles. The summed E-state index contributed by atoms with van der Waals surface area (Å²) < 4.78 is 0.772. The van der Waals surface area contributed by atoms with Crippen LogP contribution in [0.15, 0.2) is 46.9 Å². The first-order chi connectivity index (χ1) is 27.8. The zero-order chi connectivity index (χ0) is 40.2. The summed E-state index contributed by atoms with van der Waals surface area (Å²) in [5, 5.41) is 6.84. The van der Waals surface area contributed by atoms with Crippen molar-refractivity contribution in [1.29, 1.82) is 0 Å². The van der Waals surface area contributed by atoms with Crippen molar-refractivity contribution in [3.8, 4) is 0 Å². The molecule has 2 aliphatic rings. The van der Waals surface area contributed by atoms with Gasteiger partial charge in [-0.1, -0.05) is 165 Å². The first-order valence-corrected chi connectivity index (χ1v) is 23.2. The lowest BCUT2D eigenvalue weighted by molar-refractivity contribution is 0.0501. The molecule has 2 heterocycles. The molecule has 0 spiro atoms. The Bertz CT molecular complexity index is 2250. The van der Waals surface area contributed by atoms with Crippen LogP contribution in [0, 0.1) is 0 Å². The normalized spacial score (nSPS) is 14.4. The smallest absolute Gasteiger partial charge is 0.261 e. The van der Waals surface area contributed by atoms with E-state index in [1.54, 1.807) is 9.80 Å². The third-order valence-electron chi connectivity index (χ3n) is 13.0. The maximum absolute atomic E-state index is 14.6. The van der Waals surface area contributed by atoms with Crippen molar-refractivity contribution in [2.75, 3.05) is 0 Å². The van der Waals surface area contributed by atoms with E-state index >= 15 is 0 Å². The average Bonchev–Trinajstić information content (AvgIpc) is 3.21. The predicted molar refractivity (Wildman–Crippen MR) is 239 cm³/mol. The second-order valence-corrected chi connectivity index (χ2v) is 17.8. The van der Waals surface area contributed by atoms with Crippen LogP contribution >= 0.6 is 15.9 Å². The Kier molecular flexibility index (Phi) is 13.3. The van der Waals surface area contributed by atoms with Gasteiger partial charge in [0.15, 0.2) is 0 Å². The number of amides is 4. The Morgan fingerprint density at radius 2 is 0.754 bits per heavy atom. The van der Waals surface area contributed by atoms with E-state index in [0.717, 1.165) is 165 Å². The van der Waals surface area contributed by atoms with Gasteiger partial charge >= 0.3 is 0 Å². The minimum Gasteiger partial charge on any atom is -0.271 e. The monoisotopic (exact) mass is 832 g/mol. The quantitative estimate of drug-likeness (QED) is 0.0301. The number of hydrogen-bond donors (Lipinski definition) is 0. The molecular formula is C50H61BrN2O4. The number of halogens is 1. The number of hydrogen-bond acceptors (Lipinski definition) is 4. The lowest BCUT2D eigenvalue weighted by atomic mass is 9.81. The van der Waals surface area contributed by atoms with E-state index in [9.17, 15) is 19.2 Å². The van der Waals surface area contributed by atoms with Gasteiger partial charge in [-0.3, -0.25) is 29.0 Å². The predicted octanol–water partition coefficient (Wildman–Crippen LogP) is 14.3. The molecule has 0 saturated carbocycles. The fourth-order valence-corrected chi connectivity index (χ4v) is 10.7. The fraction of sp³-hybridized carbons (Fsp3) is 0.520. The lowest BCUT2D eigenvalue weighted by Gasteiger charge is -2.36. The number of imide groups is 2. The van der Waals surface area contributed by atoms with Crippen LogP contribution in [0.25, 0.3) is 43.1 Å². The van der Waals surface area contributed by atoms with Gasteiger partial charge in [0.05, 0.1) is 0 Å². The van der Waals surface area contributed by atoms with Crippen molar-refractivity contribution in [2.45, 2.75) is 168 Å². The van der Waals surface area contributed by atoms with Gasteiger partial charge in [-0.25, -0.2) is 0 Å². The van der Waals surface area contributed by atoms with Crippen molar-refractivity contribution in [2.24, 2.45) is 0 Å². The van der Waals surface area contributed by atoms with Gasteiger partial charge < -0.3 is 0 Å². The molecule has 0 unspecified atom stereocenters. The Morgan fingerprint density at radius 1 is 0.404 bits per heavy atom. The van der Waals surface area contributed by atoms with E-state index in [-0.39, 0.29) is 35.7 Å². The Labute approximate surface area is 347 Å². The van der Waals surface area contributed by atoms with Crippen molar-refractivity contribution in [3.63, 3.8) is 0 Å². The van der Waals surface area contributed by atoms with Crippen LogP contribution in [0.3, 0.4) is 0 Å². The van der Waals surface area contributed by atoms with Gasteiger partial charge in [-0.2, -0.15) is 0 Å². The van der Waals surface area contributed by atoms with Crippen molar-refractivity contribution in [3.05, 3.63) is 69.2 Å². The molecule has 0 bridgehead atoms. The highest BCUT2D eigenvalue weighted by Gasteiger charge is 2.41. The maximum Gasteiger partial charge on any atom is 0.261 e. The molecule has 0 N–H and O–H groups in total. The first-order valence-electron chi connectivity index (χ1n) is 22.4. The summed E-state index contributed by atoms with van der Waals surface area (Å²) in [6.45, 7) is 8.81. The van der Waals surface area contributed by atoms with Gasteiger partial charge in [0, 0.05) is 60.4 Å². The summed E-state index contributed by atoms with van der Waals surface area (Å²) >= 11 is 3.91. The van der Waals surface area contributed by atoms with Crippen LogP contribution in [0.4, 0.5) is 0 Å². The molecular weight excluding hydrogens is 772 g/mol. The second kappa shape index (κ2) is 18.4. The number of carbonyl (C=O) groups is 4. The van der Waals surface area contributed by atoms with E-state index in [4.69, 9.17) is 0 Å². The Morgan fingerprint density at radius 3 is 1.16 bits per heavy atom. The Hall–Kier alpha value is -3.84. The van der Waals surface area contributed by atoms with Crippen LogP contribution in [-0.2, 0) is 0 Å². The summed E-state index contributed by atoms with van der Waals surface area (Å²) in [4.78, 5) is 61.6. The third-order valence-corrected chi connectivity index (χ3v) is 13.7. The number of unbranched alkanes of at least 4 members (excludes halogenated alkanes) is 12. The molecule has 0 aromatic heterocycles. The number of fused-ring (bicyclic) bond motifs is 2. The van der Waals surface area contributed by atoms with E-state index in [1.165, 1.54) is 0 Å². The molecule has 7 heteroatoms. The minimum atomic E-state index is -0.209. The maximum atomic E-state index is 14.6. The van der Waals surface area contributed by atoms with Gasteiger partial charge in [0.25, 0.3) is 23.6 Å². The topological polar surface area (TPSA) is 74.8 Å².